The summed E-state index contributed by atoms with van der Waals surface area (Å²) in [5.41, 5.74) is 0.822. The summed E-state index contributed by atoms with van der Waals surface area (Å²) in [6.07, 6.45) is 3.04. The fourth-order valence-electron chi connectivity index (χ4n) is 1.61. The Morgan fingerprint density at radius 2 is 1.80 bits per heavy atom. The maximum atomic E-state index is 11.7. The zero-order valence-corrected chi connectivity index (χ0v) is 12.5. The lowest BCUT2D eigenvalue weighted by Crippen LogP contribution is -2.03. The van der Waals surface area contributed by atoms with Gasteiger partial charge in [0.1, 0.15) is 11.5 Å². The predicted molar refractivity (Wildman–Crippen MR) is 81.8 cm³/mol. The molecule has 102 valence electrons. The predicted octanol–water partition coefficient (Wildman–Crippen LogP) is 4.08. The van der Waals surface area contributed by atoms with E-state index >= 15 is 0 Å². The maximum Gasteiger partial charge on any atom is 0.336 e. The maximum absolute atomic E-state index is 11.7. The molecule has 0 heterocycles. The number of methoxy groups -OCH3 is 1. The van der Waals surface area contributed by atoms with E-state index < -0.39 is 5.97 Å². The standard InChI is InChI=1S/C16H13BrO3/c1-19-15-5-3-2-4-12(15)6-11-16(18)20-14-9-7-13(17)8-10-14/h2-11H,1H3. The zero-order chi connectivity index (χ0) is 14.4. The fraction of sp³-hybridized carbons (Fsp3) is 0.0625. The molecule has 0 amide bonds. The average Bonchev–Trinajstić information content (AvgIpc) is 2.48. The Bertz CT molecular complexity index is 618. The van der Waals surface area contributed by atoms with Crippen LogP contribution in [0.2, 0.25) is 0 Å². The van der Waals surface area contributed by atoms with Gasteiger partial charge in [0.2, 0.25) is 0 Å². The molecular formula is C16H13BrO3. The topological polar surface area (TPSA) is 35.5 Å². The van der Waals surface area contributed by atoms with Gasteiger partial charge in [0, 0.05) is 16.1 Å². The minimum absolute atomic E-state index is 0.432. The van der Waals surface area contributed by atoms with Crippen molar-refractivity contribution < 1.29 is 14.3 Å². The minimum Gasteiger partial charge on any atom is -0.496 e. The van der Waals surface area contributed by atoms with E-state index in [0.717, 1.165) is 10.0 Å². The number of esters is 1. The third-order valence-electron chi connectivity index (χ3n) is 2.57. The van der Waals surface area contributed by atoms with E-state index in [2.05, 4.69) is 15.9 Å². The van der Waals surface area contributed by atoms with E-state index in [0.29, 0.717) is 11.5 Å². The van der Waals surface area contributed by atoms with Crippen LogP contribution in [0.4, 0.5) is 0 Å². The number of carbonyl (C=O) groups is 1. The summed E-state index contributed by atoms with van der Waals surface area (Å²) in [6, 6.07) is 14.5. The van der Waals surface area contributed by atoms with Crippen LogP contribution >= 0.6 is 15.9 Å². The molecule has 0 aromatic heterocycles. The summed E-state index contributed by atoms with van der Waals surface area (Å²) in [5, 5.41) is 0. The van der Waals surface area contributed by atoms with Crippen molar-refractivity contribution in [3.63, 3.8) is 0 Å². The third-order valence-corrected chi connectivity index (χ3v) is 3.10. The fourth-order valence-corrected chi connectivity index (χ4v) is 1.88. The van der Waals surface area contributed by atoms with E-state index in [1.54, 1.807) is 25.3 Å². The van der Waals surface area contributed by atoms with Crippen molar-refractivity contribution in [1.82, 2.24) is 0 Å². The molecule has 0 saturated heterocycles. The van der Waals surface area contributed by atoms with Gasteiger partial charge in [-0.05, 0) is 36.4 Å². The van der Waals surface area contributed by atoms with E-state index in [4.69, 9.17) is 9.47 Å². The lowest BCUT2D eigenvalue weighted by Gasteiger charge is -2.03. The molecule has 0 aliphatic rings. The van der Waals surface area contributed by atoms with E-state index in [-0.39, 0.29) is 0 Å². The molecule has 2 rings (SSSR count). The number of hydrogen-bond donors (Lipinski definition) is 0. The molecule has 0 spiro atoms. The van der Waals surface area contributed by atoms with Crippen molar-refractivity contribution in [2.45, 2.75) is 0 Å². The van der Waals surface area contributed by atoms with E-state index in [9.17, 15) is 4.79 Å². The number of benzene rings is 2. The Morgan fingerprint density at radius 1 is 1.10 bits per heavy atom. The highest BCUT2D eigenvalue weighted by molar-refractivity contribution is 9.10. The Labute approximate surface area is 126 Å². The number of halogens is 1. The van der Waals surface area contributed by atoms with Gasteiger partial charge in [0.05, 0.1) is 7.11 Å². The molecule has 0 aliphatic carbocycles. The van der Waals surface area contributed by atoms with Crippen LogP contribution in [0.1, 0.15) is 5.56 Å². The second-order valence-corrected chi connectivity index (χ2v) is 4.87. The zero-order valence-electron chi connectivity index (χ0n) is 10.9. The Balaban J connectivity index is 2.04. The van der Waals surface area contributed by atoms with Crippen molar-refractivity contribution in [2.24, 2.45) is 0 Å². The first-order valence-corrected chi connectivity index (χ1v) is 6.77. The van der Waals surface area contributed by atoms with Crippen LogP contribution in [0.15, 0.2) is 59.1 Å². The quantitative estimate of drug-likeness (QED) is 0.481. The molecule has 3 nitrogen and oxygen atoms in total. The monoisotopic (exact) mass is 332 g/mol. The van der Waals surface area contributed by atoms with E-state index in [1.165, 1.54) is 6.08 Å². The van der Waals surface area contributed by atoms with Crippen LogP contribution < -0.4 is 9.47 Å². The number of para-hydroxylation sites is 1. The molecule has 0 saturated carbocycles. The summed E-state index contributed by atoms with van der Waals surface area (Å²) < 4.78 is 11.3. The van der Waals surface area contributed by atoms with Crippen LogP contribution in [0, 0.1) is 0 Å². The molecule has 0 aliphatic heterocycles. The van der Waals surface area contributed by atoms with Gasteiger partial charge < -0.3 is 9.47 Å². The van der Waals surface area contributed by atoms with Crippen molar-refractivity contribution in [2.75, 3.05) is 7.11 Å². The lowest BCUT2D eigenvalue weighted by atomic mass is 10.2. The van der Waals surface area contributed by atoms with Gasteiger partial charge in [0.15, 0.2) is 0 Å². The summed E-state index contributed by atoms with van der Waals surface area (Å²) in [6.45, 7) is 0. The van der Waals surface area contributed by atoms with Gasteiger partial charge in [0.25, 0.3) is 0 Å². The van der Waals surface area contributed by atoms with Gasteiger partial charge in [-0.3, -0.25) is 0 Å². The highest BCUT2D eigenvalue weighted by Gasteiger charge is 2.02. The first kappa shape index (κ1) is 14.3. The molecule has 0 bridgehead atoms. The largest absolute Gasteiger partial charge is 0.496 e. The number of ether oxygens (including phenoxy) is 2. The third kappa shape index (κ3) is 3.96. The molecule has 0 fully saturated rings. The molecule has 4 heteroatoms. The van der Waals surface area contributed by atoms with Crippen molar-refractivity contribution in [3.8, 4) is 11.5 Å². The molecule has 2 aromatic carbocycles. The van der Waals surface area contributed by atoms with Crippen LogP contribution in [0.3, 0.4) is 0 Å². The number of carbonyl (C=O) groups excluding carboxylic acids is 1. The Kier molecular flexibility index (Phi) is 4.96. The van der Waals surface area contributed by atoms with E-state index in [1.807, 2.05) is 36.4 Å². The first-order valence-electron chi connectivity index (χ1n) is 5.97. The summed E-state index contributed by atoms with van der Waals surface area (Å²) in [4.78, 5) is 11.7. The van der Waals surface area contributed by atoms with Crippen LogP contribution in [0.25, 0.3) is 6.08 Å². The van der Waals surface area contributed by atoms with Gasteiger partial charge in [-0.15, -0.1) is 0 Å². The van der Waals surface area contributed by atoms with Gasteiger partial charge in [-0.25, -0.2) is 4.79 Å². The Hall–Kier alpha value is -2.07. The highest BCUT2D eigenvalue weighted by atomic mass is 79.9. The lowest BCUT2D eigenvalue weighted by molar-refractivity contribution is -0.128. The molecular weight excluding hydrogens is 320 g/mol. The van der Waals surface area contributed by atoms with Gasteiger partial charge in [-0.2, -0.15) is 0 Å². The molecule has 20 heavy (non-hydrogen) atoms. The highest BCUT2D eigenvalue weighted by Crippen LogP contribution is 2.19. The Morgan fingerprint density at radius 3 is 2.50 bits per heavy atom. The average molecular weight is 333 g/mol. The molecule has 0 radical (unpaired) electrons. The number of hydrogen-bond acceptors (Lipinski definition) is 3. The minimum atomic E-state index is -0.432. The van der Waals surface area contributed by atoms with Crippen LogP contribution in [0.5, 0.6) is 11.5 Å². The summed E-state index contributed by atoms with van der Waals surface area (Å²) in [5.74, 6) is 0.779. The van der Waals surface area contributed by atoms with Crippen molar-refractivity contribution in [3.05, 3.63) is 64.6 Å². The SMILES string of the molecule is COc1ccccc1C=CC(=O)Oc1ccc(Br)cc1. The van der Waals surface area contributed by atoms with Crippen molar-refractivity contribution >= 4 is 28.0 Å². The smallest absolute Gasteiger partial charge is 0.336 e. The van der Waals surface area contributed by atoms with Crippen molar-refractivity contribution in [1.29, 1.82) is 0 Å². The number of rotatable bonds is 4. The molecule has 0 atom stereocenters. The second-order valence-electron chi connectivity index (χ2n) is 3.95. The van der Waals surface area contributed by atoms with Gasteiger partial charge >= 0.3 is 5.97 Å². The normalized spacial score (nSPS) is 10.5. The summed E-state index contributed by atoms with van der Waals surface area (Å²) in [7, 11) is 1.59. The first-order chi connectivity index (χ1) is 9.69. The second kappa shape index (κ2) is 6.91. The van der Waals surface area contributed by atoms with Gasteiger partial charge in [-0.1, -0.05) is 34.1 Å². The molecule has 2 aromatic rings. The van der Waals surface area contributed by atoms with Crippen LogP contribution in [-0.2, 0) is 4.79 Å². The summed E-state index contributed by atoms with van der Waals surface area (Å²) >= 11 is 3.32. The molecule has 0 N–H and O–H groups in total. The van der Waals surface area contributed by atoms with Crippen LogP contribution in [-0.4, -0.2) is 13.1 Å². The molecule has 0 unspecified atom stereocenters.